The molecule has 0 saturated carbocycles. The summed E-state index contributed by atoms with van der Waals surface area (Å²) in [5.41, 5.74) is 2.71. The lowest BCUT2D eigenvalue weighted by atomic mass is 10.1. The van der Waals surface area contributed by atoms with E-state index < -0.39 is 9.84 Å². The summed E-state index contributed by atoms with van der Waals surface area (Å²) < 4.78 is 22.1. The number of aryl methyl sites for hydroxylation is 2. The van der Waals surface area contributed by atoms with E-state index in [9.17, 15) is 13.2 Å². The summed E-state index contributed by atoms with van der Waals surface area (Å²) in [6.07, 6.45) is 1.74. The van der Waals surface area contributed by atoms with E-state index in [1.54, 1.807) is 6.07 Å². The standard InChI is InChI=1S/C12H17NO3S/c1-9-8-12(13-10(2)14)5-4-11(9)6-7-17(3,15)16/h4-5,8H,6-7H2,1-3H3,(H,13,14). The zero-order valence-electron chi connectivity index (χ0n) is 10.3. The summed E-state index contributed by atoms with van der Waals surface area (Å²) in [7, 11) is -2.94. The van der Waals surface area contributed by atoms with Crippen molar-refractivity contribution in [2.75, 3.05) is 17.3 Å². The van der Waals surface area contributed by atoms with Crippen molar-refractivity contribution in [1.29, 1.82) is 0 Å². The highest BCUT2D eigenvalue weighted by atomic mass is 32.2. The van der Waals surface area contributed by atoms with Crippen molar-refractivity contribution >= 4 is 21.4 Å². The molecule has 0 atom stereocenters. The molecular formula is C12H17NO3S. The third-order valence-corrected chi connectivity index (χ3v) is 3.35. The highest BCUT2D eigenvalue weighted by molar-refractivity contribution is 7.90. The van der Waals surface area contributed by atoms with Crippen molar-refractivity contribution in [3.63, 3.8) is 0 Å². The Morgan fingerprint density at radius 2 is 2.00 bits per heavy atom. The number of hydrogen-bond acceptors (Lipinski definition) is 3. The number of nitrogens with one attached hydrogen (secondary N) is 1. The van der Waals surface area contributed by atoms with Crippen molar-refractivity contribution in [2.45, 2.75) is 20.3 Å². The number of benzene rings is 1. The minimum absolute atomic E-state index is 0.117. The van der Waals surface area contributed by atoms with Crippen molar-refractivity contribution in [3.05, 3.63) is 29.3 Å². The summed E-state index contributed by atoms with van der Waals surface area (Å²) in [5, 5.41) is 2.69. The lowest BCUT2D eigenvalue weighted by Crippen LogP contribution is -2.08. The van der Waals surface area contributed by atoms with Crippen molar-refractivity contribution in [1.82, 2.24) is 0 Å². The van der Waals surface area contributed by atoms with Gasteiger partial charge in [-0.05, 0) is 36.6 Å². The second-order valence-electron chi connectivity index (χ2n) is 4.20. The Balaban J connectivity index is 2.79. The van der Waals surface area contributed by atoms with Crippen LogP contribution in [-0.2, 0) is 21.1 Å². The van der Waals surface area contributed by atoms with Crippen molar-refractivity contribution < 1.29 is 13.2 Å². The van der Waals surface area contributed by atoms with E-state index in [1.807, 2.05) is 19.1 Å². The minimum atomic E-state index is -2.94. The molecule has 0 aliphatic rings. The van der Waals surface area contributed by atoms with E-state index in [0.717, 1.165) is 16.8 Å². The van der Waals surface area contributed by atoms with Gasteiger partial charge >= 0.3 is 0 Å². The average molecular weight is 255 g/mol. The first-order valence-corrected chi connectivity index (χ1v) is 7.39. The molecule has 17 heavy (non-hydrogen) atoms. The Bertz CT molecular complexity index is 521. The normalized spacial score (nSPS) is 11.2. The maximum atomic E-state index is 11.1. The molecule has 1 aromatic rings. The summed E-state index contributed by atoms with van der Waals surface area (Å²) >= 11 is 0. The second kappa shape index (κ2) is 5.31. The molecule has 1 amide bonds. The van der Waals surface area contributed by atoms with Crippen LogP contribution in [0, 0.1) is 6.92 Å². The summed E-state index contributed by atoms with van der Waals surface area (Å²) in [5.74, 6) is 0.0288. The smallest absolute Gasteiger partial charge is 0.221 e. The Kier molecular flexibility index (Phi) is 4.28. The first-order valence-electron chi connectivity index (χ1n) is 5.33. The number of rotatable bonds is 4. The summed E-state index contributed by atoms with van der Waals surface area (Å²) in [6.45, 7) is 3.36. The van der Waals surface area contributed by atoms with E-state index in [1.165, 1.54) is 13.2 Å². The average Bonchev–Trinajstić information content (AvgIpc) is 2.13. The lowest BCUT2D eigenvalue weighted by molar-refractivity contribution is -0.114. The molecule has 5 heteroatoms. The summed E-state index contributed by atoms with van der Waals surface area (Å²) in [4.78, 5) is 10.9. The van der Waals surface area contributed by atoms with Gasteiger partial charge in [0.2, 0.25) is 5.91 Å². The number of sulfone groups is 1. The number of carbonyl (C=O) groups is 1. The molecule has 0 heterocycles. The topological polar surface area (TPSA) is 63.2 Å². The molecule has 0 radical (unpaired) electrons. The minimum Gasteiger partial charge on any atom is -0.326 e. The largest absolute Gasteiger partial charge is 0.326 e. The third-order valence-electron chi connectivity index (χ3n) is 2.41. The molecule has 94 valence electrons. The molecule has 1 N–H and O–H groups in total. The zero-order chi connectivity index (χ0) is 13.1. The van der Waals surface area contributed by atoms with Gasteiger partial charge in [-0.15, -0.1) is 0 Å². The van der Waals surface area contributed by atoms with Crippen molar-refractivity contribution in [3.8, 4) is 0 Å². The predicted molar refractivity (Wildman–Crippen MR) is 68.9 cm³/mol. The maximum Gasteiger partial charge on any atom is 0.221 e. The van der Waals surface area contributed by atoms with Crippen LogP contribution in [0.25, 0.3) is 0 Å². The molecule has 0 bridgehead atoms. The van der Waals surface area contributed by atoms with E-state index in [2.05, 4.69) is 5.32 Å². The molecule has 0 unspecified atom stereocenters. The van der Waals surface area contributed by atoms with E-state index in [0.29, 0.717) is 6.42 Å². The van der Waals surface area contributed by atoms with Crippen LogP contribution in [0.4, 0.5) is 5.69 Å². The molecule has 0 aliphatic carbocycles. The SMILES string of the molecule is CC(=O)Nc1ccc(CCS(C)(=O)=O)c(C)c1. The molecule has 1 rings (SSSR count). The number of hydrogen-bond donors (Lipinski definition) is 1. The van der Waals surface area contributed by atoms with Crippen LogP contribution in [-0.4, -0.2) is 26.3 Å². The number of carbonyl (C=O) groups excluding carboxylic acids is 1. The number of anilines is 1. The van der Waals surface area contributed by atoms with Gasteiger partial charge < -0.3 is 5.32 Å². The van der Waals surface area contributed by atoms with Crippen LogP contribution in [0.2, 0.25) is 0 Å². The van der Waals surface area contributed by atoms with E-state index in [4.69, 9.17) is 0 Å². The fourth-order valence-corrected chi connectivity index (χ4v) is 2.14. The van der Waals surface area contributed by atoms with Crippen LogP contribution in [0.5, 0.6) is 0 Å². The van der Waals surface area contributed by atoms with Crippen LogP contribution >= 0.6 is 0 Å². The van der Waals surface area contributed by atoms with Crippen LogP contribution in [0.1, 0.15) is 18.1 Å². The first-order chi connectivity index (χ1) is 7.78. The molecule has 0 aromatic heterocycles. The monoisotopic (exact) mass is 255 g/mol. The van der Waals surface area contributed by atoms with Gasteiger partial charge in [0.1, 0.15) is 9.84 Å². The molecule has 0 aliphatic heterocycles. The highest BCUT2D eigenvalue weighted by Crippen LogP contribution is 2.16. The molecule has 0 saturated heterocycles. The zero-order valence-corrected chi connectivity index (χ0v) is 11.1. The van der Waals surface area contributed by atoms with Crippen molar-refractivity contribution in [2.24, 2.45) is 0 Å². The Morgan fingerprint density at radius 3 is 2.47 bits per heavy atom. The van der Waals surface area contributed by atoms with Gasteiger partial charge in [0.05, 0.1) is 5.75 Å². The van der Waals surface area contributed by atoms with Crippen LogP contribution < -0.4 is 5.32 Å². The molecule has 4 nitrogen and oxygen atoms in total. The predicted octanol–water partition coefficient (Wildman–Crippen LogP) is 1.54. The fourth-order valence-electron chi connectivity index (χ4n) is 1.55. The van der Waals surface area contributed by atoms with Gasteiger partial charge in [0.15, 0.2) is 0 Å². The van der Waals surface area contributed by atoms with Gasteiger partial charge in [-0.1, -0.05) is 6.07 Å². The molecule has 0 spiro atoms. The number of amides is 1. The quantitative estimate of drug-likeness (QED) is 0.887. The summed E-state index contributed by atoms with van der Waals surface area (Å²) in [6, 6.07) is 5.48. The Morgan fingerprint density at radius 1 is 1.35 bits per heavy atom. The highest BCUT2D eigenvalue weighted by Gasteiger charge is 2.06. The van der Waals surface area contributed by atoms with Crippen LogP contribution in [0.3, 0.4) is 0 Å². The van der Waals surface area contributed by atoms with Gasteiger partial charge in [0.25, 0.3) is 0 Å². The van der Waals surface area contributed by atoms with E-state index in [-0.39, 0.29) is 11.7 Å². The first kappa shape index (κ1) is 13.7. The van der Waals surface area contributed by atoms with E-state index >= 15 is 0 Å². The maximum absolute atomic E-state index is 11.1. The molecule has 1 aromatic carbocycles. The van der Waals surface area contributed by atoms with Gasteiger partial charge in [-0.2, -0.15) is 0 Å². The second-order valence-corrected chi connectivity index (χ2v) is 6.46. The van der Waals surface area contributed by atoms with Crippen LogP contribution in [0.15, 0.2) is 18.2 Å². The van der Waals surface area contributed by atoms with Gasteiger partial charge in [0, 0.05) is 18.9 Å². The molecular weight excluding hydrogens is 238 g/mol. The third kappa shape index (κ3) is 4.99. The van der Waals surface area contributed by atoms with Gasteiger partial charge in [-0.25, -0.2) is 8.42 Å². The molecule has 0 fully saturated rings. The van der Waals surface area contributed by atoms with Gasteiger partial charge in [-0.3, -0.25) is 4.79 Å². The Labute approximate surface area is 102 Å². The Hall–Kier alpha value is -1.36. The fraction of sp³-hybridized carbons (Fsp3) is 0.417. The lowest BCUT2D eigenvalue weighted by Gasteiger charge is -2.08.